The van der Waals surface area contributed by atoms with E-state index in [1.165, 1.54) is 16.8 Å². The number of ether oxygens (including phenoxy) is 1. The first-order valence-corrected chi connectivity index (χ1v) is 9.19. The lowest BCUT2D eigenvalue weighted by molar-refractivity contribution is -0.141. The van der Waals surface area contributed by atoms with Crippen molar-refractivity contribution in [3.63, 3.8) is 0 Å². The van der Waals surface area contributed by atoms with Crippen LogP contribution in [-0.4, -0.2) is 54.2 Å². The Kier molecular flexibility index (Phi) is 5.85. The van der Waals surface area contributed by atoms with Crippen LogP contribution in [0.2, 0.25) is 0 Å². The molecular formula is C18H21N3O4S. The average molecular weight is 375 g/mol. The summed E-state index contributed by atoms with van der Waals surface area (Å²) in [4.78, 5) is 27.2. The maximum Gasteiger partial charge on any atom is 0.262 e. The number of methoxy groups -OCH3 is 1. The fourth-order valence-electron chi connectivity index (χ4n) is 2.82. The van der Waals surface area contributed by atoms with Crippen LogP contribution in [0.5, 0.6) is 0 Å². The Balaban J connectivity index is 1.80. The Morgan fingerprint density at radius 2 is 2.27 bits per heavy atom. The molecule has 1 atom stereocenters. The maximum absolute atomic E-state index is 12.9. The summed E-state index contributed by atoms with van der Waals surface area (Å²) in [6.07, 6.45) is 2.17. The first kappa shape index (κ1) is 18.3. The number of carbonyl (C=O) groups is 2. The van der Waals surface area contributed by atoms with Gasteiger partial charge in [-0.15, -0.1) is 11.3 Å². The lowest BCUT2D eigenvalue weighted by Gasteiger charge is -2.25. The zero-order chi connectivity index (χ0) is 18.5. The van der Waals surface area contributed by atoms with Crippen LogP contribution in [0.25, 0.3) is 0 Å². The predicted octanol–water partition coefficient (Wildman–Crippen LogP) is 2.51. The van der Waals surface area contributed by atoms with Gasteiger partial charge in [0.2, 0.25) is 5.91 Å². The molecule has 0 radical (unpaired) electrons. The Morgan fingerprint density at radius 1 is 1.42 bits per heavy atom. The number of furan rings is 1. The van der Waals surface area contributed by atoms with Crippen molar-refractivity contribution in [2.24, 2.45) is 5.10 Å². The van der Waals surface area contributed by atoms with Crippen LogP contribution >= 0.6 is 11.3 Å². The van der Waals surface area contributed by atoms with Crippen molar-refractivity contribution in [1.29, 1.82) is 0 Å². The van der Waals surface area contributed by atoms with E-state index < -0.39 is 0 Å². The minimum absolute atomic E-state index is 0.0445. The van der Waals surface area contributed by atoms with Crippen LogP contribution in [0.3, 0.4) is 0 Å². The Morgan fingerprint density at radius 3 is 2.88 bits per heavy atom. The third kappa shape index (κ3) is 4.03. The predicted molar refractivity (Wildman–Crippen MR) is 97.9 cm³/mol. The molecule has 2 aromatic rings. The number of thiophene rings is 1. The summed E-state index contributed by atoms with van der Waals surface area (Å²) >= 11 is 1.58. The van der Waals surface area contributed by atoms with Crippen molar-refractivity contribution in [3.8, 4) is 0 Å². The van der Waals surface area contributed by atoms with Gasteiger partial charge < -0.3 is 14.1 Å². The lowest BCUT2D eigenvalue weighted by Crippen LogP contribution is -2.41. The highest BCUT2D eigenvalue weighted by Gasteiger charge is 2.35. The Hall–Kier alpha value is -2.45. The summed E-state index contributed by atoms with van der Waals surface area (Å²) in [6, 6.07) is 7.27. The maximum atomic E-state index is 12.9. The molecule has 2 aromatic heterocycles. The highest BCUT2D eigenvalue weighted by atomic mass is 32.1. The van der Waals surface area contributed by atoms with Crippen molar-refractivity contribution in [1.82, 2.24) is 9.91 Å². The summed E-state index contributed by atoms with van der Waals surface area (Å²) in [5.41, 5.74) is 0.848. The van der Waals surface area contributed by atoms with Crippen LogP contribution in [0.4, 0.5) is 0 Å². The van der Waals surface area contributed by atoms with Gasteiger partial charge in [0.1, 0.15) is 18.3 Å². The van der Waals surface area contributed by atoms with Gasteiger partial charge in [-0.25, -0.2) is 5.01 Å². The minimum atomic E-state index is -0.300. The number of carbonyl (C=O) groups excluding carboxylic acids is 2. The van der Waals surface area contributed by atoms with Crippen LogP contribution in [0, 0.1) is 0 Å². The topological polar surface area (TPSA) is 75.3 Å². The van der Waals surface area contributed by atoms with Crippen LogP contribution in [0.1, 0.15) is 30.0 Å². The van der Waals surface area contributed by atoms with Crippen molar-refractivity contribution in [2.75, 3.05) is 26.8 Å². The third-order valence-electron chi connectivity index (χ3n) is 4.18. The van der Waals surface area contributed by atoms with E-state index in [4.69, 9.17) is 9.15 Å². The molecule has 0 saturated carbocycles. The van der Waals surface area contributed by atoms with Crippen molar-refractivity contribution < 1.29 is 18.7 Å². The van der Waals surface area contributed by atoms with Gasteiger partial charge in [-0.3, -0.25) is 9.59 Å². The van der Waals surface area contributed by atoms with Gasteiger partial charge in [-0.05, 0) is 23.6 Å². The number of rotatable bonds is 7. The summed E-state index contributed by atoms with van der Waals surface area (Å²) in [6.45, 7) is 2.13. The first-order valence-electron chi connectivity index (χ1n) is 8.31. The molecule has 26 heavy (non-hydrogen) atoms. The van der Waals surface area contributed by atoms with E-state index in [9.17, 15) is 9.59 Å². The third-order valence-corrected chi connectivity index (χ3v) is 5.10. The summed E-state index contributed by atoms with van der Waals surface area (Å²) in [7, 11) is 1.56. The molecular weight excluding hydrogens is 354 g/mol. The molecule has 2 amide bonds. The summed E-state index contributed by atoms with van der Waals surface area (Å²) in [5.74, 6) is 0.260. The number of hydrogen-bond acceptors (Lipinski definition) is 6. The normalized spacial score (nSPS) is 16.6. The van der Waals surface area contributed by atoms with Crippen LogP contribution < -0.4 is 0 Å². The standard InChI is InChI=1S/C18H21N3O4S/c1-13(22)20(7-9-24-2)12-18(23)21-15(16-5-3-8-25-16)11-14(19-21)17-6-4-10-26-17/h3-6,8,10,15H,7,9,11-12H2,1-2H3. The molecule has 0 bridgehead atoms. The average Bonchev–Trinajstić information content (AvgIpc) is 3.37. The van der Waals surface area contributed by atoms with Gasteiger partial charge in [0.25, 0.3) is 5.91 Å². The largest absolute Gasteiger partial charge is 0.467 e. The smallest absolute Gasteiger partial charge is 0.262 e. The SMILES string of the molecule is COCCN(CC(=O)N1N=C(c2cccs2)CC1c1ccco1)C(C)=O. The molecule has 0 saturated heterocycles. The monoisotopic (exact) mass is 375 g/mol. The molecule has 7 nitrogen and oxygen atoms in total. The zero-order valence-electron chi connectivity index (χ0n) is 14.8. The molecule has 0 aliphatic carbocycles. The highest BCUT2D eigenvalue weighted by Crippen LogP contribution is 2.34. The molecule has 138 valence electrons. The van der Waals surface area contributed by atoms with Crippen molar-refractivity contribution >= 4 is 28.9 Å². The van der Waals surface area contributed by atoms with Gasteiger partial charge >= 0.3 is 0 Å². The second kappa shape index (κ2) is 8.29. The molecule has 8 heteroatoms. The van der Waals surface area contributed by atoms with Crippen LogP contribution in [-0.2, 0) is 14.3 Å². The molecule has 1 unspecified atom stereocenters. The molecule has 3 rings (SSSR count). The number of hydrazone groups is 1. The lowest BCUT2D eigenvalue weighted by atomic mass is 10.1. The van der Waals surface area contributed by atoms with E-state index in [1.807, 2.05) is 23.6 Å². The van der Waals surface area contributed by atoms with E-state index in [0.29, 0.717) is 25.3 Å². The molecule has 0 N–H and O–H groups in total. The molecule has 0 fully saturated rings. The van der Waals surface area contributed by atoms with E-state index in [2.05, 4.69) is 5.10 Å². The Labute approximate surface area is 155 Å². The second-order valence-corrected chi connectivity index (χ2v) is 6.88. The van der Waals surface area contributed by atoms with Gasteiger partial charge in [0.05, 0.1) is 23.5 Å². The van der Waals surface area contributed by atoms with Crippen molar-refractivity contribution in [3.05, 3.63) is 46.5 Å². The van der Waals surface area contributed by atoms with Gasteiger partial charge in [0, 0.05) is 27.0 Å². The summed E-state index contributed by atoms with van der Waals surface area (Å²) in [5, 5.41) is 7.96. The van der Waals surface area contributed by atoms with E-state index in [0.717, 1.165) is 10.6 Å². The second-order valence-electron chi connectivity index (χ2n) is 5.93. The van der Waals surface area contributed by atoms with Gasteiger partial charge in [-0.2, -0.15) is 5.10 Å². The highest BCUT2D eigenvalue weighted by molar-refractivity contribution is 7.12. The number of hydrogen-bond donors (Lipinski definition) is 0. The van der Waals surface area contributed by atoms with Crippen LogP contribution in [0.15, 0.2) is 45.4 Å². The fourth-order valence-corrected chi connectivity index (χ4v) is 3.54. The Bertz CT molecular complexity index is 770. The minimum Gasteiger partial charge on any atom is -0.467 e. The molecule has 1 aliphatic heterocycles. The zero-order valence-corrected chi connectivity index (χ0v) is 15.6. The molecule has 3 heterocycles. The van der Waals surface area contributed by atoms with E-state index in [-0.39, 0.29) is 24.4 Å². The van der Waals surface area contributed by atoms with E-state index >= 15 is 0 Å². The van der Waals surface area contributed by atoms with E-state index in [1.54, 1.807) is 30.8 Å². The number of nitrogens with zero attached hydrogens (tertiary/aromatic N) is 3. The molecule has 1 aliphatic rings. The fraction of sp³-hybridized carbons (Fsp3) is 0.389. The summed E-state index contributed by atoms with van der Waals surface area (Å²) < 4.78 is 10.5. The number of amides is 2. The van der Waals surface area contributed by atoms with Gasteiger partial charge in [-0.1, -0.05) is 6.07 Å². The first-order chi connectivity index (χ1) is 12.6. The molecule has 0 spiro atoms. The quantitative estimate of drug-likeness (QED) is 0.745. The molecule has 0 aromatic carbocycles. The van der Waals surface area contributed by atoms with Crippen molar-refractivity contribution in [2.45, 2.75) is 19.4 Å². The van der Waals surface area contributed by atoms with Gasteiger partial charge in [0.15, 0.2) is 0 Å².